The van der Waals surface area contributed by atoms with E-state index in [0.717, 1.165) is 30.0 Å². The standard InChI is InChI=1S/C33H39F3N4O5/c1-43-26-6-3-21(4-7-26)5-8-30(41)40-18-24-14-25(38-28-10-12-45-19-29(28)44-2)15-32(24,20-40)31(42)39-11-9-27-22(17-39)13-23(16-37-27)33(34,35)36/h3-8,13,16,24-25,28-29,38H,9-12,14-15,17-20H2,1-2H3/t24-,25+,28?,29?,32-/m0/s1. The number of hydrogen-bond acceptors (Lipinski definition) is 7. The Morgan fingerprint density at radius 1 is 1.18 bits per heavy atom. The van der Waals surface area contributed by atoms with Gasteiger partial charge in [-0.2, -0.15) is 13.2 Å². The lowest BCUT2D eigenvalue weighted by Crippen LogP contribution is -2.52. The third-order valence-corrected chi connectivity index (χ3v) is 9.86. The second-order valence-corrected chi connectivity index (χ2v) is 12.5. The SMILES string of the molecule is COc1ccc(C=CC(=O)N2C[C@@H]3C[C@@H](NC4CCOCC4OC)C[C@]3(C(=O)N3CCc4ncc(C(F)(F)F)cc4C3)C2)cc1. The molecule has 0 bridgehead atoms. The molecule has 1 N–H and O–H groups in total. The normalized spacial score (nSPS) is 28.3. The Labute approximate surface area is 260 Å². The number of rotatable bonds is 7. The van der Waals surface area contributed by atoms with Gasteiger partial charge in [-0.05, 0) is 60.6 Å². The molecule has 2 saturated heterocycles. The Kier molecular flexibility index (Phi) is 8.91. The number of halogens is 3. The second-order valence-electron chi connectivity index (χ2n) is 12.5. The lowest BCUT2D eigenvalue weighted by atomic mass is 9.78. The summed E-state index contributed by atoms with van der Waals surface area (Å²) in [5, 5.41) is 3.73. The van der Waals surface area contributed by atoms with Crippen LogP contribution in [0.1, 0.15) is 41.6 Å². The fourth-order valence-corrected chi connectivity index (χ4v) is 7.49. The van der Waals surface area contributed by atoms with Crippen molar-refractivity contribution < 1.29 is 37.0 Å². The molecule has 5 atom stereocenters. The lowest BCUT2D eigenvalue weighted by molar-refractivity contribution is -0.144. The van der Waals surface area contributed by atoms with Crippen LogP contribution in [0.4, 0.5) is 13.2 Å². The molecule has 45 heavy (non-hydrogen) atoms. The van der Waals surface area contributed by atoms with E-state index in [4.69, 9.17) is 14.2 Å². The highest BCUT2D eigenvalue weighted by molar-refractivity contribution is 5.93. The molecule has 2 unspecified atom stereocenters. The monoisotopic (exact) mass is 628 g/mol. The summed E-state index contributed by atoms with van der Waals surface area (Å²) in [5.74, 6) is 0.342. The Balaban J connectivity index is 1.22. The number of hydrogen-bond donors (Lipinski definition) is 1. The molecule has 1 aliphatic carbocycles. The molecule has 3 aliphatic heterocycles. The number of fused-ring (bicyclic) bond motifs is 2. The molecule has 4 aliphatic rings. The van der Waals surface area contributed by atoms with Gasteiger partial charge in [0.15, 0.2) is 0 Å². The number of ether oxygens (including phenoxy) is 3. The van der Waals surface area contributed by atoms with E-state index in [-0.39, 0.29) is 49.0 Å². The Hall–Kier alpha value is -3.48. The Morgan fingerprint density at radius 3 is 2.71 bits per heavy atom. The number of aromatic nitrogens is 1. The van der Waals surface area contributed by atoms with E-state index in [1.54, 1.807) is 30.1 Å². The molecule has 3 fully saturated rings. The number of methoxy groups -OCH3 is 2. The van der Waals surface area contributed by atoms with Crippen molar-refractivity contribution in [3.05, 3.63) is 65.0 Å². The molecule has 12 heteroatoms. The number of nitrogens with one attached hydrogen (secondary N) is 1. The van der Waals surface area contributed by atoms with E-state index in [9.17, 15) is 22.8 Å². The average molecular weight is 629 g/mol. The minimum absolute atomic E-state index is 0.0300. The van der Waals surface area contributed by atoms with Gasteiger partial charge in [0.25, 0.3) is 0 Å². The topological polar surface area (TPSA) is 93.2 Å². The fraction of sp³-hybridized carbons (Fsp3) is 0.545. The number of nitrogens with zero attached hydrogens (tertiary/aromatic N) is 3. The molecule has 1 saturated carbocycles. The van der Waals surface area contributed by atoms with E-state index in [2.05, 4.69) is 10.3 Å². The number of benzene rings is 1. The number of alkyl halides is 3. The van der Waals surface area contributed by atoms with Crippen molar-refractivity contribution in [2.24, 2.45) is 11.3 Å². The van der Waals surface area contributed by atoms with Crippen molar-refractivity contribution in [3.8, 4) is 5.75 Å². The van der Waals surface area contributed by atoms with E-state index in [0.29, 0.717) is 56.8 Å². The molecule has 4 heterocycles. The number of likely N-dealkylation sites (tertiary alicyclic amines) is 1. The van der Waals surface area contributed by atoms with Gasteiger partial charge in [0, 0.05) is 76.4 Å². The average Bonchev–Trinajstić information content (AvgIpc) is 3.58. The zero-order chi connectivity index (χ0) is 31.8. The van der Waals surface area contributed by atoms with Crippen molar-refractivity contribution in [2.75, 3.05) is 47.1 Å². The highest BCUT2D eigenvalue weighted by Gasteiger charge is 2.59. The van der Waals surface area contributed by atoms with Gasteiger partial charge in [0.2, 0.25) is 11.8 Å². The van der Waals surface area contributed by atoms with Gasteiger partial charge in [-0.25, -0.2) is 0 Å². The van der Waals surface area contributed by atoms with Crippen LogP contribution >= 0.6 is 0 Å². The molecule has 242 valence electrons. The minimum Gasteiger partial charge on any atom is -0.497 e. The summed E-state index contributed by atoms with van der Waals surface area (Å²) >= 11 is 0. The summed E-state index contributed by atoms with van der Waals surface area (Å²) in [4.78, 5) is 35.4. The number of pyridine rings is 1. The molecule has 2 aromatic rings. The maximum absolute atomic E-state index is 14.5. The van der Waals surface area contributed by atoms with Crippen LogP contribution in [0.15, 0.2) is 42.6 Å². The first-order valence-electron chi connectivity index (χ1n) is 15.4. The highest BCUT2D eigenvalue weighted by Crippen LogP contribution is 2.51. The van der Waals surface area contributed by atoms with Gasteiger partial charge < -0.3 is 29.3 Å². The highest BCUT2D eigenvalue weighted by atomic mass is 19.4. The predicted molar refractivity (Wildman–Crippen MR) is 159 cm³/mol. The first kappa shape index (κ1) is 31.5. The summed E-state index contributed by atoms with van der Waals surface area (Å²) in [7, 11) is 3.26. The van der Waals surface area contributed by atoms with Gasteiger partial charge in [-0.15, -0.1) is 0 Å². The molecule has 1 aromatic carbocycles. The predicted octanol–water partition coefficient (Wildman–Crippen LogP) is 3.71. The van der Waals surface area contributed by atoms with Crippen molar-refractivity contribution in [3.63, 3.8) is 0 Å². The van der Waals surface area contributed by atoms with E-state index >= 15 is 0 Å². The van der Waals surface area contributed by atoms with Crippen LogP contribution in [-0.4, -0.2) is 91.9 Å². The molecule has 1 aromatic heterocycles. The van der Waals surface area contributed by atoms with Gasteiger partial charge in [0.05, 0.1) is 30.8 Å². The zero-order valence-corrected chi connectivity index (χ0v) is 25.5. The summed E-state index contributed by atoms with van der Waals surface area (Å²) in [6.45, 7) is 2.25. The Morgan fingerprint density at radius 2 is 1.98 bits per heavy atom. The summed E-state index contributed by atoms with van der Waals surface area (Å²) in [6, 6.07) is 8.59. The van der Waals surface area contributed by atoms with Crippen molar-refractivity contribution in [1.82, 2.24) is 20.1 Å². The molecular formula is C33H39F3N4O5. The molecular weight excluding hydrogens is 589 g/mol. The first-order valence-corrected chi connectivity index (χ1v) is 15.4. The van der Waals surface area contributed by atoms with Crippen LogP contribution in [0.3, 0.4) is 0 Å². The number of carbonyl (C=O) groups is 2. The molecule has 0 spiro atoms. The zero-order valence-electron chi connectivity index (χ0n) is 25.5. The van der Waals surface area contributed by atoms with Crippen molar-refractivity contribution in [2.45, 2.75) is 56.6 Å². The van der Waals surface area contributed by atoms with E-state index < -0.39 is 17.2 Å². The smallest absolute Gasteiger partial charge is 0.417 e. The fourth-order valence-electron chi connectivity index (χ4n) is 7.49. The summed E-state index contributed by atoms with van der Waals surface area (Å²) in [5.41, 5.74) is 0.193. The van der Waals surface area contributed by atoms with Gasteiger partial charge >= 0.3 is 6.18 Å². The van der Waals surface area contributed by atoms with Crippen LogP contribution < -0.4 is 10.1 Å². The van der Waals surface area contributed by atoms with Gasteiger partial charge in [0.1, 0.15) is 5.75 Å². The van der Waals surface area contributed by atoms with Gasteiger partial charge in [-0.1, -0.05) is 12.1 Å². The van der Waals surface area contributed by atoms with Crippen molar-refractivity contribution >= 4 is 17.9 Å². The number of carbonyl (C=O) groups excluding carboxylic acids is 2. The molecule has 9 nitrogen and oxygen atoms in total. The minimum atomic E-state index is -4.52. The summed E-state index contributed by atoms with van der Waals surface area (Å²) in [6.07, 6.45) is 1.93. The van der Waals surface area contributed by atoms with E-state index in [1.165, 1.54) is 6.08 Å². The quantitative estimate of drug-likeness (QED) is 0.468. The lowest BCUT2D eigenvalue weighted by Gasteiger charge is -2.37. The second kappa shape index (κ2) is 12.7. The molecule has 0 radical (unpaired) electrons. The Bertz CT molecular complexity index is 1430. The first-order chi connectivity index (χ1) is 21.6. The van der Waals surface area contributed by atoms with Crippen LogP contribution in [-0.2, 0) is 38.2 Å². The van der Waals surface area contributed by atoms with E-state index in [1.807, 2.05) is 24.3 Å². The molecule has 2 amide bonds. The molecule has 6 rings (SSSR count). The van der Waals surface area contributed by atoms with Crippen LogP contribution in [0.25, 0.3) is 6.08 Å². The van der Waals surface area contributed by atoms with Crippen molar-refractivity contribution in [1.29, 1.82) is 0 Å². The van der Waals surface area contributed by atoms with Gasteiger partial charge in [-0.3, -0.25) is 14.6 Å². The van der Waals surface area contributed by atoms with Crippen LogP contribution in [0.2, 0.25) is 0 Å². The third kappa shape index (κ3) is 6.45. The largest absolute Gasteiger partial charge is 0.497 e. The maximum atomic E-state index is 14.5. The number of amides is 2. The van der Waals surface area contributed by atoms with Crippen LogP contribution in [0, 0.1) is 11.3 Å². The third-order valence-electron chi connectivity index (χ3n) is 9.86. The summed E-state index contributed by atoms with van der Waals surface area (Å²) < 4.78 is 56.8. The maximum Gasteiger partial charge on any atom is 0.417 e. The van der Waals surface area contributed by atoms with Crippen LogP contribution in [0.5, 0.6) is 5.75 Å².